The lowest BCUT2D eigenvalue weighted by Crippen LogP contribution is -2.46. The van der Waals surface area contributed by atoms with Gasteiger partial charge in [-0.3, -0.25) is 0 Å². The van der Waals surface area contributed by atoms with E-state index >= 15 is 0 Å². The second-order valence-corrected chi connectivity index (χ2v) is 4.56. The van der Waals surface area contributed by atoms with Crippen LogP contribution in [0.4, 0.5) is 0 Å². The van der Waals surface area contributed by atoms with Crippen LogP contribution in [0.15, 0.2) is 0 Å². The first-order valence-electron chi connectivity index (χ1n) is 5.70. The van der Waals surface area contributed by atoms with E-state index < -0.39 is 0 Å². The molecule has 1 aliphatic heterocycles. The average Bonchev–Trinajstić information content (AvgIpc) is 2.02. The Kier molecular flexibility index (Phi) is 3.23. The fourth-order valence-corrected chi connectivity index (χ4v) is 2.32. The summed E-state index contributed by atoms with van der Waals surface area (Å²) in [5.74, 6) is 0.946. The highest BCUT2D eigenvalue weighted by molar-refractivity contribution is 4.83. The fraction of sp³-hybridized carbons (Fsp3) is 1.00. The van der Waals surface area contributed by atoms with Crippen molar-refractivity contribution in [2.24, 2.45) is 5.92 Å². The number of hydrogen-bond acceptors (Lipinski definition) is 2. The molecule has 13 heavy (non-hydrogen) atoms. The van der Waals surface area contributed by atoms with E-state index in [-0.39, 0.29) is 0 Å². The Morgan fingerprint density at radius 3 is 2.62 bits per heavy atom. The fourth-order valence-electron chi connectivity index (χ4n) is 2.32. The maximum atomic E-state index is 5.45. The molecule has 76 valence electrons. The van der Waals surface area contributed by atoms with Crippen LogP contribution in [0.5, 0.6) is 0 Å². The summed E-state index contributed by atoms with van der Waals surface area (Å²) in [6.07, 6.45) is 6.84. The topological polar surface area (TPSA) is 21.3 Å². The van der Waals surface area contributed by atoms with Crippen LogP contribution < -0.4 is 5.32 Å². The Morgan fingerprint density at radius 2 is 2.08 bits per heavy atom. The van der Waals surface area contributed by atoms with Crippen LogP contribution in [0.1, 0.15) is 39.0 Å². The van der Waals surface area contributed by atoms with Crippen molar-refractivity contribution in [2.45, 2.75) is 51.1 Å². The van der Waals surface area contributed by atoms with Gasteiger partial charge < -0.3 is 10.1 Å². The minimum absolute atomic E-state index is 0.629. The number of hydrogen-bond donors (Lipinski definition) is 1. The lowest BCUT2D eigenvalue weighted by atomic mass is 9.80. The Hall–Kier alpha value is -0.0800. The molecular formula is C11H21NO. The Morgan fingerprint density at radius 1 is 1.23 bits per heavy atom. The van der Waals surface area contributed by atoms with E-state index in [4.69, 9.17) is 4.74 Å². The molecule has 2 fully saturated rings. The van der Waals surface area contributed by atoms with E-state index in [0.717, 1.165) is 19.1 Å². The van der Waals surface area contributed by atoms with Gasteiger partial charge in [0.15, 0.2) is 0 Å². The van der Waals surface area contributed by atoms with Gasteiger partial charge in [-0.15, -0.1) is 0 Å². The van der Waals surface area contributed by atoms with Crippen LogP contribution in [0.25, 0.3) is 0 Å². The van der Waals surface area contributed by atoms with E-state index in [2.05, 4.69) is 12.2 Å². The van der Waals surface area contributed by atoms with Gasteiger partial charge >= 0.3 is 0 Å². The van der Waals surface area contributed by atoms with Crippen molar-refractivity contribution in [3.05, 3.63) is 0 Å². The van der Waals surface area contributed by atoms with Crippen molar-refractivity contribution in [1.29, 1.82) is 0 Å². The van der Waals surface area contributed by atoms with Crippen molar-refractivity contribution in [3.8, 4) is 0 Å². The molecule has 1 aliphatic carbocycles. The van der Waals surface area contributed by atoms with Gasteiger partial charge in [0.25, 0.3) is 0 Å². The van der Waals surface area contributed by atoms with Crippen molar-refractivity contribution in [1.82, 2.24) is 5.32 Å². The van der Waals surface area contributed by atoms with E-state index in [9.17, 15) is 0 Å². The first-order chi connectivity index (χ1) is 6.36. The van der Waals surface area contributed by atoms with E-state index in [0.29, 0.717) is 12.1 Å². The molecule has 0 amide bonds. The molecule has 2 aliphatic rings. The normalized spacial score (nSPS) is 32.5. The minimum atomic E-state index is 0.629. The van der Waals surface area contributed by atoms with Gasteiger partial charge in [-0.1, -0.05) is 6.42 Å². The number of rotatable bonds is 3. The Labute approximate surface area is 81.0 Å². The lowest BCUT2D eigenvalue weighted by Gasteiger charge is -2.35. The summed E-state index contributed by atoms with van der Waals surface area (Å²) in [6, 6.07) is 1.34. The molecule has 1 saturated heterocycles. The number of ether oxygens (including phenoxy) is 1. The molecule has 0 aromatic rings. The summed E-state index contributed by atoms with van der Waals surface area (Å²) in [4.78, 5) is 0. The van der Waals surface area contributed by atoms with Gasteiger partial charge in [-0.2, -0.15) is 0 Å². The Bertz CT molecular complexity index is 150. The third-order valence-electron chi connectivity index (χ3n) is 3.52. The molecule has 2 nitrogen and oxygen atoms in total. The average molecular weight is 183 g/mol. The molecule has 1 N–H and O–H groups in total. The molecule has 0 aromatic carbocycles. The molecule has 2 atom stereocenters. The summed E-state index contributed by atoms with van der Waals surface area (Å²) in [5.41, 5.74) is 0. The summed E-state index contributed by atoms with van der Waals surface area (Å²) in [7, 11) is 0. The highest BCUT2D eigenvalue weighted by atomic mass is 16.5. The molecule has 2 unspecified atom stereocenters. The summed E-state index contributed by atoms with van der Waals surface area (Å²) >= 11 is 0. The molecule has 2 heteroatoms. The van der Waals surface area contributed by atoms with Crippen molar-refractivity contribution in [3.63, 3.8) is 0 Å². The predicted molar refractivity (Wildman–Crippen MR) is 53.8 cm³/mol. The highest BCUT2D eigenvalue weighted by Crippen LogP contribution is 2.29. The standard InChI is InChI=1S/C11H21NO/c1-9(10-4-2-5-10)12-11-6-3-7-13-8-11/h9-12H,2-8H2,1H3. The molecular weight excluding hydrogens is 162 g/mol. The van der Waals surface area contributed by atoms with E-state index in [1.807, 2.05) is 0 Å². The lowest BCUT2D eigenvalue weighted by molar-refractivity contribution is 0.0606. The van der Waals surface area contributed by atoms with Crippen LogP contribution in [0, 0.1) is 5.92 Å². The summed E-state index contributed by atoms with van der Waals surface area (Å²) < 4.78 is 5.45. The predicted octanol–water partition coefficient (Wildman–Crippen LogP) is 1.94. The van der Waals surface area contributed by atoms with Gasteiger partial charge in [0.2, 0.25) is 0 Å². The molecule has 1 saturated carbocycles. The molecule has 0 spiro atoms. The van der Waals surface area contributed by atoms with Crippen LogP contribution in [-0.4, -0.2) is 25.3 Å². The zero-order chi connectivity index (χ0) is 9.10. The van der Waals surface area contributed by atoms with Gasteiger partial charge in [0, 0.05) is 18.7 Å². The van der Waals surface area contributed by atoms with Crippen molar-refractivity contribution < 1.29 is 4.74 Å². The molecule has 0 bridgehead atoms. The zero-order valence-electron chi connectivity index (χ0n) is 8.59. The van der Waals surface area contributed by atoms with Crippen molar-refractivity contribution in [2.75, 3.05) is 13.2 Å². The first kappa shape index (κ1) is 9.47. The molecule has 0 aromatic heterocycles. The van der Waals surface area contributed by atoms with E-state index in [1.165, 1.54) is 32.1 Å². The zero-order valence-corrected chi connectivity index (χ0v) is 8.59. The Balaban J connectivity index is 1.69. The number of nitrogens with one attached hydrogen (secondary N) is 1. The molecule has 2 rings (SSSR count). The van der Waals surface area contributed by atoms with Crippen LogP contribution >= 0.6 is 0 Å². The minimum Gasteiger partial charge on any atom is -0.380 e. The van der Waals surface area contributed by atoms with Crippen molar-refractivity contribution >= 4 is 0 Å². The van der Waals surface area contributed by atoms with E-state index in [1.54, 1.807) is 0 Å². The van der Waals surface area contributed by atoms with Gasteiger partial charge in [0.05, 0.1) is 6.61 Å². The van der Waals surface area contributed by atoms with Gasteiger partial charge in [-0.05, 0) is 38.5 Å². The van der Waals surface area contributed by atoms with Crippen LogP contribution in [0.3, 0.4) is 0 Å². The summed E-state index contributed by atoms with van der Waals surface area (Å²) in [6.45, 7) is 4.23. The third-order valence-corrected chi connectivity index (χ3v) is 3.52. The van der Waals surface area contributed by atoms with Crippen LogP contribution in [0.2, 0.25) is 0 Å². The maximum Gasteiger partial charge on any atom is 0.0619 e. The second kappa shape index (κ2) is 4.43. The maximum absolute atomic E-state index is 5.45. The van der Waals surface area contributed by atoms with Crippen LogP contribution in [-0.2, 0) is 4.74 Å². The van der Waals surface area contributed by atoms with Gasteiger partial charge in [0.1, 0.15) is 0 Å². The first-order valence-corrected chi connectivity index (χ1v) is 5.70. The molecule has 1 heterocycles. The summed E-state index contributed by atoms with van der Waals surface area (Å²) in [5, 5.41) is 3.70. The largest absolute Gasteiger partial charge is 0.380 e. The monoisotopic (exact) mass is 183 g/mol. The highest BCUT2D eigenvalue weighted by Gasteiger charge is 2.26. The second-order valence-electron chi connectivity index (χ2n) is 4.56. The SMILES string of the molecule is CC(NC1CCCOC1)C1CCC1. The smallest absolute Gasteiger partial charge is 0.0619 e. The quantitative estimate of drug-likeness (QED) is 0.722. The third kappa shape index (κ3) is 2.44. The molecule has 0 radical (unpaired) electrons. The van der Waals surface area contributed by atoms with Gasteiger partial charge in [-0.25, -0.2) is 0 Å².